The molecule has 26 heavy (non-hydrogen) atoms. The highest BCUT2D eigenvalue weighted by atomic mass is 32.1. The number of carbonyl (C=O) groups is 1. The molecule has 2 amide bonds. The number of nitrogens with zero attached hydrogens (tertiary/aromatic N) is 2. The van der Waals surface area contributed by atoms with Gasteiger partial charge >= 0.3 is 6.03 Å². The van der Waals surface area contributed by atoms with Crippen molar-refractivity contribution in [1.29, 1.82) is 0 Å². The molecule has 1 heterocycles. The Hall–Kier alpha value is -2.93. The predicted octanol–water partition coefficient (Wildman–Crippen LogP) is 3.52. The van der Waals surface area contributed by atoms with Gasteiger partial charge in [0.1, 0.15) is 5.82 Å². The second-order valence-corrected chi connectivity index (χ2v) is 6.35. The number of thiazole rings is 1. The Morgan fingerprint density at radius 3 is 2.58 bits per heavy atom. The maximum Gasteiger partial charge on any atom is 0.314 e. The second kappa shape index (κ2) is 8.44. The van der Waals surface area contributed by atoms with Crippen LogP contribution in [0.25, 0.3) is 11.3 Å². The van der Waals surface area contributed by atoms with Crippen LogP contribution in [0.3, 0.4) is 0 Å². The third kappa shape index (κ3) is 4.37. The average molecular weight is 370 g/mol. The van der Waals surface area contributed by atoms with Crippen LogP contribution in [0.2, 0.25) is 0 Å². The van der Waals surface area contributed by atoms with E-state index < -0.39 is 0 Å². The van der Waals surface area contributed by atoms with E-state index >= 15 is 0 Å². The van der Waals surface area contributed by atoms with Gasteiger partial charge in [-0.1, -0.05) is 30.3 Å². The molecule has 0 spiro atoms. The highest BCUT2D eigenvalue weighted by molar-refractivity contribution is 7.07. The molecule has 0 unspecified atom stereocenters. The van der Waals surface area contributed by atoms with Gasteiger partial charge in [0.15, 0.2) is 4.80 Å². The van der Waals surface area contributed by atoms with Gasteiger partial charge in [0, 0.05) is 25.5 Å². The van der Waals surface area contributed by atoms with Gasteiger partial charge in [-0.05, 0) is 29.8 Å². The molecule has 1 aromatic heterocycles. The predicted molar refractivity (Wildman–Crippen MR) is 102 cm³/mol. The first-order valence-electron chi connectivity index (χ1n) is 8.17. The molecule has 0 aliphatic heterocycles. The minimum atomic E-state index is -0.289. The van der Waals surface area contributed by atoms with Crippen LogP contribution in [0.4, 0.5) is 14.9 Å². The van der Waals surface area contributed by atoms with Gasteiger partial charge in [0.2, 0.25) is 0 Å². The number of rotatable bonds is 5. The molecule has 134 valence electrons. The lowest BCUT2D eigenvalue weighted by molar-refractivity contribution is 0.242. The monoisotopic (exact) mass is 370 g/mol. The van der Waals surface area contributed by atoms with Crippen molar-refractivity contribution in [3.05, 3.63) is 70.6 Å². The van der Waals surface area contributed by atoms with Crippen molar-refractivity contribution >= 4 is 23.1 Å². The first-order valence-corrected chi connectivity index (χ1v) is 9.05. The van der Waals surface area contributed by atoms with E-state index in [1.54, 1.807) is 19.2 Å². The van der Waals surface area contributed by atoms with Crippen molar-refractivity contribution in [2.45, 2.75) is 6.54 Å². The minimum Gasteiger partial charge on any atom is -0.341 e. The largest absolute Gasteiger partial charge is 0.341 e. The third-order valence-corrected chi connectivity index (χ3v) is 4.63. The summed E-state index contributed by atoms with van der Waals surface area (Å²) < 4.78 is 15.2. The molecule has 0 saturated heterocycles. The molecule has 0 aliphatic carbocycles. The zero-order valence-corrected chi connectivity index (χ0v) is 15.1. The maximum absolute atomic E-state index is 13.1. The van der Waals surface area contributed by atoms with Crippen LogP contribution in [0.1, 0.15) is 0 Å². The fourth-order valence-electron chi connectivity index (χ4n) is 2.47. The molecule has 0 saturated carbocycles. The summed E-state index contributed by atoms with van der Waals surface area (Å²) in [4.78, 5) is 16.8. The Morgan fingerprint density at radius 1 is 1.15 bits per heavy atom. The molecule has 3 rings (SSSR count). The summed E-state index contributed by atoms with van der Waals surface area (Å²) in [5.41, 5.74) is 2.78. The molecule has 0 atom stereocenters. The summed E-state index contributed by atoms with van der Waals surface area (Å²) >= 11 is 1.51. The minimum absolute atomic E-state index is 0.223. The Bertz CT molecular complexity index is 932. The molecule has 0 fully saturated rings. The lowest BCUT2D eigenvalue weighted by atomic mass is 10.2. The van der Waals surface area contributed by atoms with Gasteiger partial charge < -0.3 is 15.2 Å². The summed E-state index contributed by atoms with van der Waals surface area (Å²) in [6, 6.07) is 15.8. The zero-order chi connectivity index (χ0) is 18.4. The fraction of sp³-hybridized carbons (Fsp3) is 0.158. The normalized spacial score (nSPS) is 11.4. The quantitative estimate of drug-likeness (QED) is 0.709. The average Bonchev–Trinajstić information content (AvgIpc) is 3.06. The van der Waals surface area contributed by atoms with Crippen LogP contribution >= 0.6 is 11.3 Å². The van der Waals surface area contributed by atoms with Crippen LogP contribution in [0, 0.1) is 5.82 Å². The van der Waals surface area contributed by atoms with E-state index in [4.69, 9.17) is 0 Å². The third-order valence-electron chi connectivity index (χ3n) is 3.77. The second-order valence-electron chi connectivity index (χ2n) is 5.52. The number of amides is 2. The Kier molecular flexibility index (Phi) is 5.80. The Labute approximate surface area is 154 Å². The van der Waals surface area contributed by atoms with Crippen molar-refractivity contribution in [2.75, 3.05) is 13.6 Å². The standard InChI is InChI=1S/C19H19FN4OS/c1-21-18(25)22-11-12-24-17(14-5-3-2-4-6-14)13-26-19(24)23-16-9-7-15(20)8-10-16/h2-10,13H,11-12H2,1H3,(H2,21,22,25). The lowest BCUT2D eigenvalue weighted by Crippen LogP contribution is -2.35. The number of aromatic nitrogens is 1. The zero-order valence-electron chi connectivity index (χ0n) is 14.3. The van der Waals surface area contributed by atoms with E-state index in [2.05, 4.69) is 20.2 Å². The van der Waals surface area contributed by atoms with Crippen LogP contribution in [0.5, 0.6) is 0 Å². The van der Waals surface area contributed by atoms with Crippen LogP contribution in [-0.2, 0) is 6.54 Å². The molecule has 7 heteroatoms. The summed E-state index contributed by atoms with van der Waals surface area (Å²) in [7, 11) is 1.58. The molecule has 5 nitrogen and oxygen atoms in total. The van der Waals surface area contributed by atoms with E-state index in [0.717, 1.165) is 16.1 Å². The highest BCUT2D eigenvalue weighted by Crippen LogP contribution is 2.20. The molecule has 2 N–H and O–H groups in total. The first kappa shape index (κ1) is 17.9. The molecule has 2 aromatic carbocycles. The number of urea groups is 1. The number of hydrogen-bond acceptors (Lipinski definition) is 3. The maximum atomic E-state index is 13.1. The van der Waals surface area contributed by atoms with Gasteiger partial charge in [-0.25, -0.2) is 14.2 Å². The van der Waals surface area contributed by atoms with Gasteiger partial charge in [0.05, 0.1) is 11.4 Å². The van der Waals surface area contributed by atoms with Crippen molar-refractivity contribution in [3.8, 4) is 11.3 Å². The number of benzene rings is 2. The highest BCUT2D eigenvalue weighted by Gasteiger charge is 2.08. The molecule has 0 radical (unpaired) electrons. The van der Waals surface area contributed by atoms with E-state index in [9.17, 15) is 9.18 Å². The SMILES string of the molecule is CNC(=O)NCCn1c(-c2ccccc2)csc1=Nc1ccc(F)cc1. The van der Waals surface area contributed by atoms with Crippen molar-refractivity contribution in [2.24, 2.45) is 4.99 Å². The number of nitrogens with one attached hydrogen (secondary N) is 2. The van der Waals surface area contributed by atoms with Gasteiger partial charge in [-0.3, -0.25) is 0 Å². The van der Waals surface area contributed by atoms with E-state index in [-0.39, 0.29) is 11.8 Å². The van der Waals surface area contributed by atoms with Crippen LogP contribution in [-0.4, -0.2) is 24.2 Å². The van der Waals surface area contributed by atoms with Gasteiger partial charge in [0.25, 0.3) is 0 Å². The summed E-state index contributed by atoms with van der Waals surface area (Å²) in [6.45, 7) is 1.04. The van der Waals surface area contributed by atoms with E-state index in [0.29, 0.717) is 18.8 Å². The van der Waals surface area contributed by atoms with E-state index in [1.807, 2.05) is 35.7 Å². The van der Waals surface area contributed by atoms with Crippen molar-refractivity contribution in [3.63, 3.8) is 0 Å². The summed E-state index contributed by atoms with van der Waals surface area (Å²) in [5, 5.41) is 7.37. The summed E-state index contributed by atoms with van der Waals surface area (Å²) in [6.07, 6.45) is 0. The Morgan fingerprint density at radius 2 is 1.88 bits per heavy atom. The van der Waals surface area contributed by atoms with Crippen molar-refractivity contribution < 1.29 is 9.18 Å². The smallest absolute Gasteiger partial charge is 0.314 e. The van der Waals surface area contributed by atoms with Crippen molar-refractivity contribution in [1.82, 2.24) is 15.2 Å². The van der Waals surface area contributed by atoms with Gasteiger partial charge in [-0.2, -0.15) is 0 Å². The van der Waals surface area contributed by atoms with Crippen LogP contribution < -0.4 is 15.4 Å². The first-order chi connectivity index (χ1) is 12.7. The molecule has 3 aromatic rings. The number of carbonyl (C=O) groups excluding carboxylic acids is 1. The number of hydrogen-bond donors (Lipinski definition) is 2. The molecular formula is C19H19FN4OS. The molecule has 0 aliphatic rings. The number of halogens is 1. The topological polar surface area (TPSA) is 58.4 Å². The van der Waals surface area contributed by atoms with Gasteiger partial charge in [-0.15, -0.1) is 11.3 Å². The Balaban J connectivity index is 1.97. The fourth-order valence-corrected chi connectivity index (χ4v) is 3.43. The van der Waals surface area contributed by atoms with E-state index in [1.165, 1.54) is 23.5 Å². The summed E-state index contributed by atoms with van der Waals surface area (Å²) in [5.74, 6) is -0.289. The molecular weight excluding hydrogens is 351 g/mol. The lowest BCUT2D eigenvalue weighted by Gasteiger charge is -2.10. The van der Waals surface area contributed by atoms with Crippen LogP contribution in [0.15, 0.2) is 65.0 Å². The molecule has 0 bridgehead atoms.